The van der Waals surface area contributed by atoms with Gasteiger partial charge in [0.2, 0.25) is 15.9 Å². The number of hydrogen-bond donors (Lipinski definition) is 1. The van der Waals surface area contributed by atoms with Gasteiger partial charge < -0.3 is 15.4 Å². The topological polar surface area (TPSA) is 96.2 Å². The van der Waals surface area contributed by atoms with E-state index in [2.05, 4.69) is 4.90 Å². The van der Waals surface area contributed by atoms with E-state index in [4.69, 9.17) is 10.5 Å². The summed E-state index contributed by atoms with van der Waals surface area (Å²) in [4.78, 5) is 18.2. The Balaban J connectivity index is 1.25. The van der Waals surface area contributed by atoms with E-state index in [1.807, 2.05) is 0 Å². The number of piperidine rings is 1. The van der Waals surface area contributed by atoms with Crippen molar-refractivity contribution in [3.8, 4) is 5.75 Å². The third-order valence-electron chi connectivity index (χ3n) is 11.0. The van der Waals surface area contributed by atoms with E-state index in [1.54, 1.807) is 41.3 Å². The van der Waals surface area contributed by atoms with Crippen LogP contribution in [-0.2, 0) is 21.0 Å². The van der Waals surface area contributed by atoms with Crippen molar-refractivity contribution in [1.29, 1.82) is 0 Å². The molecule has 4 fully saturated rings. The minimum atomic E-state index is -4.43. The zero-order valence-corrected chi connectivity index (χ0v) is 28.4. The highest BCUT2D eigenvalue weighted by Crippen LogP contribution is 2.42. The minimum absolute atomic E-state index is 0.00186. The van der Waals surface area contributed by atoms with Crippen LogP contribution in [0.15, 0.2) is 53.4 Å². The Kier molecular flexibility index (Phi) is 11.0. The Morgan fingerprint density at radius 3 is 2.08 bits per heavy atom. The molecule has 1 unspecified atom stereocenters. The number of amides is 1. The van der Waals surface area contributed by atoms with E-state index in [0.717, 1.165) is 56.2 Å². The molecule has 2 atom stereocenters. The molecular formula is C36H49F3N4O4S. The molecule has 2 saturated heterocycles. The number of hydrogen-bond acceptors (Lipinski definition) is 6. The third-order valence-corrected chi connectivity index (χ3v) is 12.9. The molecule has 2 aliphatic heterocycles. The largest absolute Gasteiger partial charge is 0.493 e. The van der Waals surface area contributed by atoms with Gasteiger partial charge in [-0.3, -0.25) is 9.69 Å². The molecule has 12 heteroatoms. The summed E-state index contributed by atoms with van der Waals surface area (Å²) in [6.07, 6.45) is 6.79. The minimum Gasteiger partial charge on any atom is -0.493 e. The number of halogens is 3. The van der Waals surface area contributed by atoms with E-state index in [0.29, 0.717) is 50.8 Å². The molecule has 0 bridgehead atoms. The van der Waals surface area contributed by atoms with Gasteiger partial charge in [-0.25, -0.2) is 8.42 Å². The Morgan fingerprint density at radius 1 is 0.833 bits per heavy atom. The predicted octanol–water partition coefficient (Wildman–Crippen LogP) is 6.22. The molecule has 2 heterocycles. The zero-order valence-electron chi connectivity index (χ0n) is 27.6. The second-order valence-electron chi connectivity index (χ2n) is 14.2. The van der Waals surface area contributed by atoms with Crippen LogP contribution in [0.5, 0.6) is 5.75 Å². The van der Waals surface area contributed by atoms with Gasteiger partial charge in [-0.15, -0.1) is 0 Å². The Bertz CT molecular complexity index is 1470. The third kappa shape index (κ3) is 8.03. The fourth-order valence-electron chi connectivity index (χ4n) is 8.19. The lowest BCUT2D eigenvalue weighted by Crippen LogP contribution is -2.62. The second kappa shape index (κ2) is 15.1. The van der Waals surface area contributed by atoms with E-state index in [9.17, 15) is 26.4 Å². The van der Waals surface area contributed by atoms with Gasteiger partial charge in [0.25, 0.3) is 0 Å². The highest BCUT2D eigenvalue weighted by atomic mass is 32.2. The van der Waals surface area contributed by atoms with Crippen LogP contribution in [0.25, 0.3) is 0 Å². The summed E-state index contributed by atoms with van der Waals surface area (Å²) in [6.45, 7) is 2.15. The second-order valence-corrected chi connectivity index (χ2v) is 16.1. The van der Waals surface area contributed by atoms with E-state index < -0.39 is 27.8 Å². The van der Waals surface area contributed by atoms with Gasteiger partial charge in [0.05, 0.1) is 17.1 Å². The van der Waals surface area contributed by atoms with Crippen molar-refractivity contribution in [3.05, 3.63) is 59.7 Å². The van der Waals surface area contributed by atoms with Gasteiger partial charge in [-0.2, -0.15) is 17.5 Å². The molecule has 2 saturated carbocycles. The summed E-state index contributed by atoms with van der Waals surface area (Å²) in [6, 6.07) is 10.7. The van der Waals surface area contributed by atoms with Crippen LogP contribution >= 0.6 is 0 Å². The predicted molar refractivity (Wildman–Crippen MR) is 178 cm³/mol. The maximum absolute atomic E-state index is 14.3. The van der Waals surface area contributed by atoms with Crippen LogP contribution < -0.4 is 10.5 Å². The fourth-order valence-corrected chi connectivity index (χ4v) is 9.76. The van der Waals surface area contributed by atoms with Crippen LogP contribution in [0, 0.1) is 11.8 Å². The molecule has 2 aliphatic carbocycles. The quantitative estimate of drug-likeness (QED) is 0.336. The Morgan fingerprint density at radius 2 is 1.46 bits per heavy atom. The maximum atomic E-state index is 14.3. The highest BCUT2D eigenvalue weighted by molar-refractivity contribution is 7.89. The van der Waals surface area contributed by atoms with Gasteiger partial charge in [0, 0.05) is 44.8 Å². The standard InChI is InChI=1S/C36H49F3N4O4S/c37-36(38,39)29-12-10-28(11-13-29)34(27-8-4-5-9-27)42-22-23-43(33(24-42)35(44)41-20-18-30(40)19-21-41)48(45,46)32-16-14-31(15-17-32)47-25-26-6-2-1-3-7-26/h10-17,26-27,30,33-34H,1-9,18-25,40H2/t33?,34-/m1/s1. The Labute approximate surface area is 282 Å². The lowest BCUT2D eigenvalue weighted by atomic mass is 9.88. The molecule has 2 aromatic carbocycles. The van der Waals surface area contributed by atoms with E-state index in [-0.39, 0.29) is 41.9 Å². The molecular weight excluding hydrogens is 641 g/mol. The van der Waals surface area contributed by atoms with Crippen molar-refractivity contribution in [2.45, 2.75) is 99.8 Å². The summed E-state index contributed by atoms with van der Waals surface area (Å²) < 4.78 is 76.1. The summed E-state index contributed by atoms with van der Waals surface area (Å²) in [5, 5.41) is 0. The van der Waals surface area contributed by atoms with Gasteiger partial charge in [0.15, 0.2) is 0 Å². The lowest BCUT2D eigenvalue weighted by molar-refractivity contribution is -0.139. The number of piperazine rings is 1. The average molecular weight is 691 g/mol. The van der Waals surface area contributed by atoms with Crippen molar-refractivity contribution in [2.24, 2.45) is 17.6 Å². The number of benzene rings is 2. The van der Waals surface area contributed by atoms with Crippen LogP contribution in [0.1, 0.15) is 87.8 Å². The van der Waals surface area contributed by atoms with Crippen molar-refractivity contribution in [2.75, 3.05) is 39.3 Å². The fraction of sp³-hybridized carbons (Fsp3) is 0.639. The average Bonchev–Trinajstić information content (AvgIpc) is 3.62. The molecule has 1 amide bonds. The normalized spacial score (nSPS) is 23.8. The molecule has 6 rings (SSSR count). The molecule has 0 spiro atoms. The highest BCUT2D eigenvalue weighted by Gasteiger charge is 2.45. The van der Waals surface area contributed by atoms with E-state index in [1.165, 1.54) is 23.6 Å². The number of carbonyl (C=O) groups is 1. The first-order valence-electron chi connectivity index (χ1n) is 17.7. The van der Waals surface area contributed by atoms with Crippen LogP contribution in [0.4, 0.5) is 13.2 Å². The molecule has 8 nitrogen and oxygen atoms in total. The number of nitrogens with two attached hydrogens (primary N) is 1. The molecule has 2 aromatic rings. The van der Waals surface area contributed by atoms with Gasteiger partial charge in [0.1, 0.15) is 11.8 Å². The summed E-state index contributed by atoms with van der Waals surface area (Å²) in [7, 11) is -4.06. The number of rotatable bonds is 9. The molecule has 48 heavy (non-hydrogen) atoms. The number of ether oxygens (including phenoxy) is 1. The Hall–Kier alpha value is -2.67. The molecule has 2 N–H and O–H groups in total. The van der Waals surface area contributed by atoms with E-state index >= 15 is 0 Å². The van der Waals surface area contributed by atoms with Crippen molar-refractivity contribution < 1.29 is 31.1 Å². The summed E-state index contributed by atoms with van der Waals surface area (Å²) in [5.41, 5.74) is 6.19. The first-order chi connectivity index (χ1) is 23.0. The van der Waals surface area contributed by atoms with Crippen LogP contribution in [-0.4, -0.2) is 79.8 Å². The van der Waals surface area contributed by atoms with Crippen molar-refractivity contribution >= 4 is 15.9 Å². The van der Waals surface area contributed by atoms with Gasteiger partial charge in [-0.05, 0) is 92.3 Å². The lowest BCUT2D eigenvalue weighted by Gasteiger charge is -2.46. The van der Waals surface area contributed by atoms with Crippen molar-refractivity contribution in [3.63, 3.8) is 0 Å². The number of nitrogens with zero attached hydrogens (tertiary/aromatic N) is 3. The first-order valence-corrected chi connectivity index (χ1v) is 19.1. The SMILES string of the molecule is NC1CCN(C(=O)C2CN([C@@H](c3ccc(C(F)(F)F)cc3)C3CCCC3)CCN2S(=O)(=O)c2ccc(OCC3CCCCC3)cc2)CC1. The smallest absolute Gasteiger partial charge is 0.416 e. The first kappa shape index (κ1) is 35.2. The number of sulfonamides is 1. The number of alkyl halides is 3. The molecule has 0 aromatic heterocycles. The van der Waals surface area contributed by atoms with Gasteiger partial charge >= 0.3 is 6.18 Å². The summed E-state index contributed by atoms with van der Waals surface area (Å²) >= 11 is 0. The number of carbonyl (C=O) groups excluding carboxylic acids is 1. The van der Waals surface area contributed by atoms with Crippen LogP contribution in [0.2, 0.25) is 0 Å². The summed E-state index contributed by atoms with van der Waals surface area (Å²) in [5.74, 6) is 1.10. The molecule has 264 valence electrons. The molecule has 0 radical (unpaired) electrons. The van der Waals surface area contributed by atoms with Crippen molar-refractivity contribution in [1.82, 2.24) is 14.1 Å². The number of likely N-dealkylation sites (tertiary alicyclic amines) is 1. The maximum Gasteiger partial charge on any atom is 0.416 e. The van der Waals surface area contributed by atoms with Crippen LogP contribution in [0.3, 0.4) is 0 Å². The monoisotopic (exact) mass is 690 g/mol. The van der Waals surface area contributed by atoms with Gasteiger partial charge in [-0.1, -0.05) is 44.2 Å². The zero-order chi connectivity index (χ0) is 33.9. The molecule has 4 aliphatic rings.